The lowest BCUT2D eigenvalue weighted by molar-refractivity contribution is -0.137. The molecule has 0 saturated carbocycles. The molecule has 1 aliphatic heterocycles. The summed E-state index contributed by atoms with van der Waals surface area (Å²) in [5, 5.41) is 8.62. The van der Waals surface area contributed by atoms with Crippen molar-refractivity contribution in [3.8, 4) is 0 Å². The van der Waals surface area contributed by atoms with Crippen molar-refractivity contribution in [2.45, 2.75) is 25.3 Å². The quantitative estimate of drug-likeness (QED) is 0.780. The molecule has 6 heteroatoms. The van der Waals surface area contributed by atoms with E-state index < -0.39 is 5.97 Å². The van der Waals surface area contributed by atoms with E-state index in [9.17, 15) is 9.59 Å². The molecule has 0 spiro atoms. The summed E-state index contributed by atoms with van der Waals surface area (Å²) in [6.07, 6.45) is 2.04. The molecule has 0 radical (unpaired) electrons. The van der Waals surface area contributed by atoms with Crippen molar-refractivity contribution in [1.29, 1.82) is 0 Å². The molecule has 1 N–H and O–H groups in total. The highest BCUT2D eigenvalue weighted by Gasteiger charge is 2.30. The number of rotatable bonds is 5. The van der Waals surface area contributed by atoms with Gasteiger partial charge in [-0.3, -0.25) is 4.79 Å². The molecule has 18 heavy (non-hydrogen) atoms. The summed E-state index contributed by atoms with van der Waals surface area (Å²) >= 11 is 0. The molecule has 2 amide bonds. The van der Waals surface area contributed by atoms with E-state index in [4.69, 9.17) is 5.11 Å². The molecule has 1 atom stereocenters. The Morgan fingerprint density at radius 1 is 1.33 bits per heavy atom. The molecule has 6 nitrogen and oxygen atoms in total. The summed E-state index contributed by atoms with van der Waals surface area (Å²) in [6, 6.07) is 0.195. The Bertz CT molecular complexity index is 307. The van der Waals surface area contributed by atoms with Gasteiger partial charge in [-0.1, -0.05) is 0 Å². The number of hydrogen-bond donors (Lipinski definition) is 1. The molecule has 0 aliphatic carbocycles. The predicted molar refractivity (Wildman–Crippen MR) is 68.6 cm³/mol. The van der Waals surface area contributed by atoms with Gasteiger partial charge in [0.25, 0.3) is 0 Å². The van der Waals surface area contributed by atoms with Gasteiger partial charge in [0.2, 0.25) is 0 Å². The maximum absolute atomic E-state index is 12.2. The van der Waals surface area contributed by atoms with Crippen LogP contribution < -0.4 is 0 Å². The van der Waals surface area contributed by atoms with Crippen LogP contribution in [0.25, 0.3) is 0 Å². The Hall–Kier alpha value is -1.30. The van der Waals surface area contributed by atoms with Crippen LogP contribution in [0.3, 0.4) is 0 Å². The van der Waals surface area contributed by atoms with Crippen LogP contribution in [0, 0.1) is 0 Å². The van der Waals surface area contributed by atoms with Gasteiger partial charge in [0, 0.05) is 32.7 Å². The number of nitrogens with zero attached hydrogens (tertiary/aromatic N) is 3. The average molecular weight is 257 g/mol. The number of likely N-dealkylation sites (N-methyl/N-ethyl adjacent to an activating group) is 1. The van der Waals surface area contributed by atoms with Gasteiger partial charge >= 0.3 is 12.0 Å². The second-order valence-corrected chi connectivity index (χ2v) is 5.10. The summed E-state index contributed by atoms with van der Waals surface area (Å²) in [7, 11) is 5.65. The maximum Gasteiger partial charge on any atom is 0.320 e. The summed E-state index contributed by atoms with van der Waals surface area (Å²) in [5.41, 5.74) is 0. The van der Waals surface area contributed by atoms with Crippen LogP contribution in [-0.4, -0.2) is 78.6 Å². The molecular formula is C12H23N3O3. The van der Waals surface area contributed by atoms with E-state index in [2.05, 4.69) is 4.90 Å². The average Bonchev–Trinajstić information content (AvgIpc) is 2.71. The first-order valence-electron chi connectivity index (χ1n) is 6.30. The molecule has 0 bridgehead atoms. The van der Waals surface area contributed by atoms with Gasteiger partial charge in [-0.05, 0) is 26.9 Å². The van der Waals surface area contributed by atoms with Crippen LogP contribution >= 0.6 is 0 Å². The molecule has 1 saturated heterocycles. The van der Waals surface area contributed by atoms with Crippen LogP contribution in [0.1, 0.15) is 19.3 Å². The lowest BCUT2D eigenvalue weighted by Crippen LogP contribution is -2.47. The van der Waals surface area contributed by atoms with Gasteiger partial charge in [-0.25, -0.2) is 4.79 Å². The Morgan fingerprint density at radius 2 is 2.00 bits per heavy atom. The zero-order valence-corrected chi connectivity index (χ0v) is 11.4. The lowest BCUT2D eigenvalue weighted by atomic mass is 10.2. The van der Waals surface area contributed by atoms with E-state index in [1.807, 2.05) is 19.0 Å². The number of carboxylic acid groups (broad SMARTS) is 1. The third-order valence-electron chi connectivity index (χ3n) is 3.19. The number of amides is 2. The third kappa shape index (κ3) is 4.18. The topological polar surface area (TPSA) is 64.1 Å². The highest BCUT2D eigenvalue weighted by atomic mass is 16.4. The van der Waals surface area contributed by atoms with E-state index >= 15 is 0 Å². The number of likely N-dealkylation sites (tertiary alicyclic amines) is 1. The van der Waals surface area contributed by atoms with E-state index in [-0.39, 0.29) is 25.0 Å². The van der Waals surface area contributed by atoms with Gasteiger partial charge in [0.15, 0.2) is 0 Å². The fourth-order valence-corrected chi connectivity index (χ4v) is 2.28. The zero-order chi connectivity index (χ0) is 13.7. The Labute approximate surface area is 108 Å². The normalized spacial score (nSPS) is 19.3. The first kappa shape index (κ1) is 14.8. The van der Waals surface area contributed by atoms with Crippen LogP contribution in [0.5, 0.6) is 0 Å². The van der Waals surface area contributed by atoms with Gasteiger partial charge in [-0.2, -0.15) is 0 Å². The van der Waals surface area contributed by atoms with E-state index in [1.165, 1.54) is 4.90 Å². The number of hydrogen-bond acceptors (Lipinski definition) is 3. The molecular weight excluding hydrogens is 234 g/mol. The summed E-state index contributed by atoms with van der Waals surface area (Å²) in [5.74, 6) is -0.874. The fourth-order valence-electron chi connectivity index (χ4n) is 2.28. The SMILES string of the molecule is CN(C)CC1CCCN1C(=O)N(C)CCC(=O)O. The Balaban J connectivity index is 2.51. The summed E-state index contributed by atoms with van der Waals surface area (Å²) < 4.78 is 0. The van der Waals surface area contributed by atoms with Crippen LogP contribution in [0.2, 0.25) is 0 Å². The van der Waals surface area contributed by atoms with Gasteiger partial charge in [0.1, 0.15) is 0 Å². The minimum atomic E-state index is -0.874. The zero-order valence-electron chi connectivity index (χ0n) is 11.4. The maximum atomic E-state index is 12.2. The van der Waals surface area contributed by atoms with Gasteiger partial charge in [0.05, 0.1) is 6.42 Å². The highest BCUT2D eigenvalue weighted by molar-refractivity contribution is 5.75. The largest absolute Gasteiger partial charge is 0.481 e. The van der Waals surface area contributed by atoms with Crippen molar-refractivity contribution in [2.75, 3.05) is 40.8 Å². The van der Waals surface area contributed by atoms with E-state index in [0.717, 1.165) is 25.9 Å². The molecule has 1 fully saturated rings. The van der Waals surface area contributed by atoms with E-state index in [1.54, 1.807) is 7.05 Å². The molecule has 104 valence electrons. The number of aliphatic carboxylic acids is 1. The molecule has 0 aromatic carbocycles. The smallest absolute Gasteiger partial charge is 0.320 e. The van der Waals surface area contributed by atoms with Crippen molar-refractivity contribution in [3.63, 3.8) is 0 Å². The second kappa shape index (κ2) is 6.58. The molecule has 1 unspecified atom stereocenters. The van der Waals surface area contributed by atoms with Crippen LogP contribution in [0.15, 0.2) is 0 Å². The first-order valence-corrected chi connectivity index (χ1v) is 6.30. The van der Waals surface area contributed by atoms with Crippen molar-refractivity contribution in [2.24, 2.45) is 0 Å². The van der Waals surface area contributed by atoms with Crippen molar-refractivity contribution < 1.29 is 14.7 Å². The minimum absolute atomic E-state index is 0.00553. The van der Waals surface area contributed by atoms with Crippen molar-refractivity contribution >= 4 is 12.0 Å². The number of carbonyl (C=O) groups excluding carboxylic acids is 1. The predicted octanol–water partition coefficient (Wildman–Crippen LogP) is 0.539. The van der Waals surface area contributed by atoms with Crippen LogP contribution in [-0.2, 0) is 4.79 Å². The molecule has 0 aromatic heterocycles. The van der Waals surface area contributed by atoms with Crippen molar-refractivity contribution in [1.82, 2.24) is 14.7 Å². The van der Waals surface area contributed by atoms with Crippen LogP contribution in [0.4, 0.5) is 4.79 Å². The minimum Gasteiger partial charge on any atom is -0.481 e. The molecule has 1 aliphatic rings. The van der Waals surface area contributed by atoms with Crippen molar-refractivity contribution in [3.05, 3.63) is 0 Å². The Morgan fingerprint density at radius 3 is 2.56 bits per heavy atom. The second-order valence-electron chi connectivity index (χ2n) is 5.10. The monoisotopic (exact) mass is 257 g/mol. The summed E-state index contributed by atoms with van der Waals surface area (Å²) in [6.45, 7) is 1.90. The number of carbonyl (C=O) groups is 2. The number of urea groups is 1. The summed E-state index contributed by atoms with van der Waals surface area (Å²) in [4.78, 5) is 28.1. The standard InChI is InChI=1S/C12H23N3O3/c1-13(2)9-10-5-4-7-15(10)12(18)14(3)8-6-11(16)17/h10H,4-9H2,1-3H3,(H,16,17). The first-order chi connectivity index (χ1) is 8.41. The molecule has 1 rings (SSSR count). The van der Waals surface area contributed by atoms with Gasteiger partial charge in [-0.15, -0.1) is 0 Å². The molecule has 0 aromatic rings. The molecule has 1 heterocycles. The Kier molecular flexibility index (Phi) is 5.40. The number of carboxylic acids is 1. The van der Waals surface area contributed by atoms with E-state index in [0.29, 0.717) is 0 Å². The third-order valence-corrected chi connectivity index (χ3v) is 3.19. The lowest BCUT2D eigenvalue weighted by Gasteiger charge is -2.30. The fraction of sp³-hybridized carbons (Fsp3) is 0.833. The highest BCUT2D eigenvalue weighted by Crippen LogP contribution is 2.19. The van der Waals surface area contributed by atoms with Gasteiger partial charge < -0.3 is 19.8 Å².